The van der Waals surface area contributed by atoms with Gasteiger partial charge < -0.3 is 15.5 Å². The number of halogens is 1. The Labute approximate surface area is 202 Å². The van der Waals surface area contributed by atoms with E-state index in [0.717, 1.165) is 55.6 Å². The van der Waals surface area contributed by atoms with Gasteiger partial charge in [0.15, 0.2) is 0 Å². The molecule has 0 unspecified atom stereocenters. The van der Waals surface area contributed by atoms with E-state index in [1.165, 1.54) is 31.2 Å². The van der Waals surface area contributed by atoms with E-state index in [1.807, 2.05) is 4.90 Å². The molecule has 6 rings (SSSR count). The smallest absolute Gasteiger partial charge is 0.247 e. The number of nitrogens with one attached hydrogen (secondary N) is 3. The van der Waals surface area contributed by atoms with Crippen molar-refractivity contribution in [2.24, 2.45) is 0 Å². The number of aromatic amines is 1. The van der Waals surface area contributed by atoms with Crippen LogP contribution in [0.15, 0.2) is 18.3 Å². The van der Waals surface area contributed by atoms with Crippen LogP contribution in [0.1, 0.15) is 67.9 Å². The molecule has 1 aliphatic heterocycles. The first-order valence-electron chi connectivity index (χ1n) is 12.4. The van der Waals surface area contributed by atoms with Gasteiger partial charge in [-0.15, -0.1) is 5.10 Å². The summed E-state index contributed by atoms with van der Waals surface area (Å²) in [5.74, 6) is 2.39. The summed E-state index contributed by atoms with van der Waals surface area (Å²) in [7, 11) is 0. The van der Waals surface area contributed by atoms with Gasteiger partial charge in [0.05, 0.1) is 17.6 Å². The van der Waals surface area contributed by atoms with Crippen molar-refractivity contribution in [2.45, 2.75) is 69.7 Å². The molecule has 0 aromatic carbocycles. The maximum absolute atomic E-state index is 13.1. The number of fused-ring (bicyclic) bond motifs is 1. The fourth-order valence-corrected chi connectivity index (χ4v) is 5.42. The molecule has 11 heteroatoms. The third kappa shape index (κ3) is 4.42. The number of nitrogens with zero attached hydrogens (tertiary/aromatic N) is 6. The van der Waals surface area contributed by atoms with Crippen molar-refractivity contribution in [3.8, 4) is 0 Å². The average Bonchev–Trinajstić information content (AvgIpc) is 3.67. The van der Waals surface area contributed by atoms with Crippen LogP contribution < -0.4 is 15.5 Å². The van der Waals surface area contributed by atoms with Crippen LogP contribution >= 0.6 is 0 Å². The summed E-state index contributed by atoms with van der Waals surface area (Å²) in [5, 5.41) is 13.6. The number of amides is 1. The Bertz CT molecular complexity index is 1220. The van der Waals surface area contributed by atoms with Crippen LogP contribution in [-0.2, 0) is 17.6 Å². The Morgan fingerprint density at radius 1 is 1.06 bits per heavy atom. The maximum Gasteiger partial charge on any atom is 0.247 e. The molecule has 35 heavy (non-hydrogen) atoms. The highest BCUT2D eigenvalue weighted by molar-refractivity contribution is 5.96. The van der Waals surface area contributed by atoms with Gasteiger partial charge in [-0.25, -0.2) is 9.97 Å². The highest BCUT2D eigenvalue weighted by atomic mass is 19.1. The molecule has 3 aromatic rings. The molecule has 10 nitrogen and oxygen atoms in total. The number of hydrogen-bond acceptors (Lipinski definition) is 8. The molecule has 3 aliphatic rings. The maximum atomic E-state index is 13.1. The molecule has 4 heterocycles. The number of aryl methyl sites for hydroxylation is 1. The molecule has 2 fully saturated rings. The first-order chi connectivity index (χ1) is 17.1. The van der Waals surface area contributed by atoms with E-state index in [-0.39, 0.29) is 5.91 Å². The van der Waals surface area contributed by atoms with E-state index in [9.17, 15) is 9.18 Å². The largest absolute Gasteiger partial charge is 0.329 e. The van der Waals surface area contributed by atoms with Crippen molar-refractivity contribution in [1.82, 2.24) is 30.1 Å². The van der Waals surface area contributed by atoms with Crippen LogP contribution in [0.5, 0.6) is 0 Å². The monoisotopic (exact) mass is 477 g/mol. The molecular formula is C24H28FN9O. The van der Waals surface area contributed by atoms with Gasteiger partial charge in [0, 0.05) is 18.0 Å². The van der Waals surface area contributed by atoms with Gasteiger partial charge in [-0.2, -0.15) is 14.4 Å². The zero-order chi connectivity index (χ0) is 23.8. The summed E-state index contributed by atoms with van der Waals surface area (Å²) in [5.41, 5.74) is 2.57. The van der Waals surface area contributed by atoms with Crippen LogP contribution in [0.25, 0.3) is 0 Å². The third-order valence-electron chi connectivity index (χ3n) is 7.20. The summed E-state index contributed by atoms with van der Waals surface area (Å²) >= 11 is 0. The summed E-state index contributed by atoms with van der Waals surface area (Å²) < 4.78 is 13.1. The minimum atomic E-state index is -0.584. The van der Waals surface area contributed by atoms with Gasteiger partial charge in [0.25, 0.3) is 0 Å². The molecule has 1 amide bonds. The van der Waals surface area contributed by atoms with Gasteiger partial charge in [-0.05, 0) is 57.1 Å². The second kappa shape index (κ2) is 9.20. The first kappa shape index (κ1) is 21.9. The van der Waals surface area contributed by atoms with Crippen molar-refractivity contribution >= 4 is 29.3 Å². The van der Waals surface area contributed by atoms with Crippen molar-refractivity contribution in [1.29, 1.82) is 0 Å². The van der Waals surface area contributed by atoms with Gasteiger partial charge in [0.1, 0.15) is 17.7 Å². The quantitative estimate of drug-likeness (QED) is 0.460. The van der Waals surface area contributed by atoms with Crippen LogP contribution in [0.3, 0.4) is 0 Å². The van der Waals surface area contributed by atoms with Crippen LogP contribution in [0, 0.1) is 5.95 Å². The normalized spacial score (nSPS) is 19.8. The molecule has 3 aromatic heterocycles. The first-order valence-corrected chi connectivity index (χ1v) is 12.4. The number of carbonyl (C=O) groups excluding carboxylic acids is 1. The molecule has 0 radical (unpaired) electrons. The van der Waals surface area contributed by atoms with E-state index in [0.29, 0.717) is 42.3 Å². The summed E-state index contributed by atoms with van der Waals surface area (Å²) in [6, 6.07) is 2.32. The lowest BCUT2D eigenvalue weighted by molar-refractivity contribution is -0.117. The van der Waals surface area contributed by atoms with Gasteiger partial charge >= 0.3 is 0 Å². The van der Waals surface area contributed by atoms with Gasteiger partial charge in [-0.1, -0.05) is 12.8 Å². The SMILES string of the molecule is O=C(Nc1ccc(F)nc1)[C@@H]1CCCN1c1nc2c(c(Nc3n[nH]c(C4CCCC4)n3)n1)CCC2. The lowest BCUT2D eigenvalue weighted by Gasteiger charge is -2.25. The standard InChI is InChI=1S/C24H28FN9O/c25-19-11-10-15(13-26-19)27-22(35)18-9-4-12-34(18)24-28-17-8-3-7-16(17)21(31-24)30-23-29-20(32-33-23)14-5-1-2-6-14/h10-11,13-14,18H,1-9,12H2,(H,27,35)(H2,28,29,30,31,32,33)/t18-/m0/s1. The van der Waals surface area contributed by atoms with Crippen LogP contribution in [0.2, 0.25) is 0 Å². The molecule has 0 spiro atoms. The lowest BCUT2D eigenvalue weighted by atomic mass is 10.1. The Morgan fingerprint density at radius 3 is 2.77 bits per heavy atom. The number of rotatable bonds is 6. The Morgan fingerprint density at radius 2 is 1.94 bits per heavy atom. The summed E-state index contributed by atoms with van der Waals surface area (Å²) in [6.45, 7) is 0.685. The van der Waals surface area contributed by atoms with Crippen LogP contribution in [-0.4, -0.2) is 48.6 Å². The number of anilines is 4. The molecule has 1 atom stereocenters. The van der Waals surface area contributed by atoms with Crippen molar-refractivity contribution in [3.63, 3.8) is 0 Å². The number of aromatic nitrogens is 6. The molecular weight excluding hydrogens is 449 g/mol. The zero-order valence-corrected chi connectivity index (χ0v) is 19.4. The number of pyridine rings is 1. The van der Waals surface area contributed by atoms with Gasteiger partial charge in [0.2, 0.25) is 23.8 Å². The molecule has 0 bridgehead atoms. The molecule has 182 valence electrons. The minimum absolute atomic E-state index is 0.176. The lowest BCUT2D eigenvalue weighted by Crippen LogP contribution is -2.40. The van der Waals surface area contributed by atoms with E-state index < -0.39 is 12.0 Å². The average molecular weight is 478 g/mol. The van der Waals surface area contributed by atoms with Crippen molar-refractivity contribution in [2.75, 3.05) is 22.1 Å². The van der Waals surface area contributed by atoms with E-state index >= 15 is 0 Å². The van der Waals surface area contributed by atoms with E-state index in [2.05, 4.69) is 30.8 Å². The fraction of sp³-hybridized carbons (Fsp3) is 0.500. The zero-order valence-electron chi connectivity index (χ0n) is 19.4. The molecule has 3 N–H and O–H groups in total. The molecule has 2 aliphatic carbocycles. The van der Waals surface area contributed by atoms with Gasteiger partial charge in [-0.3, -0.25) is 9.89 Å². The Balaban J connectivity index is 1.24. The predicted molar refractivity (Wildman–Crippen MR) is 128 cm³/mol. The fourth-order valence-electron chi connectivity index (χ4n) is 5.42. The highest BCUT2D eigenvalue weighted by Crippen LogP contribution is 2.34. The number of carbonyl (C=O) groups is 1. The molecule has 1 saturated carbocycles. The minimum Gasteiger partial charge on any atom is -0.329 e. The van der Waals surface area contributed by atoms with E-state index in [1.54, 1.807) is 0 Å². The topological polar surface area (TPSA) is 125 Å². The second-order valence-corrected chi connectivity index (χ2v) is 9.51. The predicted octanol–water partition coefficient (Wildman–Crippen LogP) is 3.63. The van der Waals surface area contributed by atoms with Crippen LogP contribution in [0.4, 0.5) is 27.8 Å². The number of hydrogen-bond donors (Lipinski definition) is 3. The van der Waals surface area contributed by atoms with Crippen molar-refractivity contribution < 1.29 is 9.18 Å². The van der Waals surface area contributed by atoms with E-state index in [4.69, 9.17) is 9.97 Å². The van der Waals surface area contributed by atoms with Crippen molar-refractivity contribution in [3.05, 3.63) is 41.4 Å². The molecule has 1 saturated heterocycles. The number of H-pyrrole nitrogens is 1. The second-order valence-electron chi connectivity index (χ2n) is 9.51. The highest BCUT2D eigenvalue weighted by Gasteiger charge is 2.34. The Kier molecular flexibility index (Phi) is 5.75. The summed E-state index contributed by atoms with van der Waals surface area (Å²) in [4.78, 5) is 33.0. The Hall–Kier alpha value is -3.63. The summed E-state index contributed by atoms with van der Waals surface area (Å²) in [6.07, 6.45) is 10.4. The third-order valence-corrected chi connectivity index (χ3v) is 7.20.